The first-order valence-corrected chi connectivity index (χ1v) is 6.52. The molecule has 2 nitrogen and oxygen atoms in total. The second-order valence-corrected chi connectivity index (χ2v) is 4.76. The van der Waals surface area contributed by atoms with Gasteiger partial charge in [-0.05, 0) is 47.3 Å². The molecule has 0 aliphatic rings. The van der Waals surface area contributed by atoms with Gasteiger partial charge in [-0.2, -0.15) is 0 Å². The van der Waals surface area contributed by atoms with E-state index in [1.165, 1.54) is 12.8 Å². The number of hydrogen-bond acceptors (Lipinski definition) is 2. The molecular weight excluding hydrogens is 264 g/mol. The summed E-state index contributed by atoms with van der Waals surface area (Å²) in [7, 11) is 0. The normalized spacial score (nSPS) is 12.4. The topological polar surface area (TPSA) is 38.9 Å². The van der Waals surface area contributed by atoms with Crippen molar-refractivity contribution < 1.29 is 0 Å². The third-order valence-electron chi connectivity index (χ3n) is 2.56. The number of unbranched alkanes of at least 4 members (excludes halogenated alkanes) is 3. The highest BCUT2D eigenvalue weighted by Gasteiger charge is 2.09. The van der Waals surface area contributed by atoms with Crippen LogP contribution in [0.5, 0.6) is 0 Å². The van der Waals surface area contributed by atoms with Gasteiger partial charge in [0.1, 0.15) is 0 Å². The Morgan fingerprint density at radius 2 is 2.25 bits per heavy atom. The molecule has 3 heteroatoms. The van der Waals surface area contributed by atoms with Crippen molar-refractivity contribution in [1.82, 2.24) is 4.98 Å². The molecule has 16 heavy (non-hydrogen) atoms. The number of nitrogens with two attached hydrogens (primary N) is 1. The van der Waals surface area contributed by atoms with Crippen LogP contribution in [0, 0.1) is 0 Å². The Morgan fingerprint density at radius 1 is 1.44 bits per heavy atom. The van der Waals surface area contributed by atoms with E-state index in [1.54, 1.807) is 6.20 Å². The van der Waals surface area contributed by atoms with Gasteiger partial charge in [0.25, 0.3) is 0 Å². The number of hydrogen-bond donors (Lipinski definition) is 1. The highest BCUT2D eigenvalue weighted by Crippen LogP contribution is 2.23. The molecule has 0 saturated carbocycles. The van der Waals surface area contributed by atoms with Crippen LogP contribution in [-0.4, -0.2) is 4.98 Å². The summed E-state index contributed by atoms with van der Waals surface area (Å²) in [5, 5.41) is 0. The van der Waals surface area contributed by atoms with E-state index in [4.69, 9.17) is 5.73 Å². The Bertz CT molecular complexity index is 325. The fourth-order valence-corrected chi connectivity index (χ4v) is 2.19. The highest BCUT2D eigenvalue weighted by molar-refractivity contribution is 9.10. The summed E-state index contributed by atoms with van der Waals surface area (Å²) in [6, 6.07) is 3.93. The van der Waals surface area contributed by atoms with Crippen molar-refractivity contribution in [2.45, 2.75) is 38.1 Å². The van der Waals surface area contributed by atoms with Crippen LogP contribution in [0.25, 0.3) is 0 Å². The van der Waals surface area contributed by atoms with Crippen LogP contribution >= 0.6 is 15.9 Å². The first-order valence-electron chi connectivity index (χ1n) is 5.72. The van der Waals surface area contributed by atoms with Crippen molar-refractivity contribution in [3.63, 3.8) is 0 Å². The molecular formula is C13H19BrN2. The lowest BCUT2D eigenvalue weighted by Gasteiger charge is -2.12. The molecule has 0 aliphatic carbocycles. The monoisotopic (exact) mass is 282 g/mol. The molecule has 2 N–H and O–H groups in total. The lowest BCUT2D eigenvalue weighted by atomic mass is 10.0. The SMILES string of the molecule is C=CCCCCCC(N)c1ncccc1Br. The van der Waals surface area contributed by atoms with Crippen LogP contribution in [0.1, 0.15) is 43.8 Å². The van der Waals surface area contributed by atoms with Crippen molar-refractivity contribution in [2.75, 3.05) is 0 Å². The van der Waals surface area contributed by atoms with Gasteiger partial charge in [-0.15, -0.1) is 6.58 Å². The fraction of sp³-hybridized carbons (Fsp3) is 0.462. The predicted octanol–water partition coefficient (Wildman–Crippen LogP) is 3.98. The Kier molecular flexibility index (Phi) is 6.34. The molecule has 0 spiro atoms. The number of rotatable bonds is 7. The molecule has 1 rings (SSSR count). The first-order chi connectivity index (χ1) is 7.75. The maximum absolute atomic E-state index is 6.10. The minimum atomic E-state index is 0.0410. The summed E-state index contributed by atoms with van der Waals surface area (Å²) in [4.78, 5) is 4.31. The summed E-state index contributed by atoms with van der Waals surface area (Å²) in [6.45, 7) is 3.71. The van der Waals surface area contributed by atoms with Gasteiger partial charge in [-0.1, -0.05) is 18.9 Å². The zero-order valence-electron chi connectivity index (χ0n) is 9.53. The average Bonchev–Trinajstić information content (AvgIpc) is 2.29. The predicted molar refractivity (Wildman–Crippen MR) is 72.1 cm³/mol. The average molecular weight is 283 g/mol. The summed E-state index contributed by atoms with van der Waals surface area (Å²) in [6.07, 6.45) is 9.42. The molecule has 0 saturated heterocycles. The van der Waals surface area contributed by atoms with Gasteiger partial charge in [0, 0.05) is 16.7 Å². The molecule has 0 amide bonds. The molecule has 0 radical (unpaired) electrons. The zero-order valence-corrected chi connectivity index (χ0v) is 11.1. The summed E-state index contributed by atoms with van der Waals surface area (Å²) >= 11 is 3.47. The van der Waals surface area contributed by atoms with E-state index in [9.17, 15) is 0 Å². The van der Waals surface area contributed by atoms with Crippen LogP contribution < -0.4 is 5.73 Å². The van der Waals surface area contributed by atoms with E-state index in [2.05, 4.69) is 27.5 Å². The number of aromatic nitrogens is 1. The lowest BCUT2D eigenvalue weighted by Crippen LogP contribution is -2.12. The quantitative estimate of drug-likeness (QED) is 0.607. The maximum atomic E-state index is 6.10. The van der Waals surface area contributed by atoms with E-state index in [0.29, 0.717) is 0 Å². The molecule has 1 aromatic heterocycles. The van der Waals surface area contributed by atoms with Gasteiger partial charge in [-0.25, -0.2) is 0 Å². The standard InChI is InChI=1S/C13H19BrN2/c1-2-3-4-5-6-9-12(15)13-11(14)8-7-10-16-13/h2,7-8,10,12H,1,3-6,9,15H2. The summed E-state index contributed by atoms with van der Waals surface area (Å²) in [5.74, 6) is 0. The highest BCUT2D eigenvalue weighted by atomic mass is 79.9. The van der Waals surface area contributed by atoms with Gasteiger partial charge >= 0.3 is 0 Å². The molecule has 0 bridgehead atoms. The Labute approximate surface area is 106 Å². The largest absolute Gasteiger partial charge is 0.323 e. The molecule has 1 atom stereocenters. The Morgan fingerprint density at radius 3 is 2.94 bits per heavy atom. The number of halogens is 1. The van der Waals surface area contributed by atoms with E-state index >= 15 is 0 Å². The smallest absolute Gasteiger partial charge is 0.0712 e. The third kappa shape index (κ3) is 4.45. The van der Waals surface area contributed by atoms with Crippen LogP contribution in [0.15, 0.2) is 35.5 Å². The fourth-order valence-electron chi connectivity index (χ4n) is 1.64. The number of allylic oxidation sites excluding steroid dienone is 1. The maximum Gasteiger partial charge on any atom is 0.0712 e. The molecule has 88 valence electrons. The first kappa shape index (κ1) is 13.4. The third-order valence-corrected chi connectivity index (χ3v) is 3.23. The van der Waals surface area contributed by atoms with Gasteiger partial charge in [0.2, 0.25) is 0 Å². The number of pyridine rings is 1. The van der Waals surface area contributed by atoms with Crippen LogP contribution in [0.3, 0.4) is 0 Å². The Balaban J connectivity index is 2.32. The minimum absolute atomic E-state index is 0.0410. The zero-order chi connectivity index (χ0) is 11.8. The van der Waals surface area contributed by atoms with Crippen molar-refractivity contribution in [3.05, 3.63) is 41.2 Å². The van der Waals surface area contributed by atoms with Crippen molar-refractivity contribution >= 4 is 15.9 Å². The van der Waals surface area contributed by atoms with E-state index in [-0.39, 0.29) is 6.04 Å². The second-order valence-electron chi connectivity index (χ2n) is 3.90. The van der Waals surface area contributed by atoms with Crippen LogP contribution in [0.2, 0.25) is 0 Å². The summed E-state index contributed by atoms with van der Waals surface area (Å²) in [5.41, 5.74) is 7.06. The van der Waals surface area contributed by atoms with E-state index in [1.807, 2.05) is 18.2 Å². The number of nitrogens with zero attached hydrogens (tertiary/aromatic N) is 1. The van der Waals surface area contributed by atoms with Crippen molar-refractivity contribution in [3.8, 4) is 0 Å². The van der Waals surface area contributed by atoms with Crippen molar-refractivity contribution in [1.29, 1.82) is 0 Å². The van der Waals surface area contributed by atoms with Gasteiger partial charge in [0.05, 0.1) is 5.69 Å². The minimum Gasteiger partial charge on any atom is -0.323 e. The second kappa shape index (κ2) is 7.58. The molecule has 0 aromatic carbocycles. The Hall–Kier alpha value is -0.670. The molecule has 1 aromatic rings. The van der Waals surface area contributed by atoms with Crippen LogP contribution in [-0.2, 0) is 0 Å². The van der Waals surface area contributed by atoms with Gasteiger partial charge in [0.15, 0.2) is 0 Å². The van der Waals surface area contributed by atoms with E-state index in [0.717, 1.165) is 29.4 Å². The molecule has 1 heterocycles. The van der Waals surface area contributed by atoms with Gasteiger partial charge in [-0.3, -0.25) is 4.98 Å². The summed E-state index contributed by atoms with van der Waals surface area (Å²) < 4.78 is 1.01. The van der Waals surface area contributed by atoms with Crippen LogP contribution in [0.4, 0.5) is 0 Å². The van der Waals surface area contributed by atoms with E-state index < -0.39 is 0 Å². The lowest BCUT2D eigenvalue weighted by molar-refractivity contribution is 0.561. The molecule has 0 fully saturated rings. The molecule has 0 aliphatic heterocycles. The molecule has 1 unspecified atom stereocenters. The van der Waals surface area contributed by atoms with Gasteiger partial charge < -0.3 is 5.73 Å². The van der Waals surface area contributed by atoms with Crippen molar-refractivity contribution in [2.24, 2.45) is 5.73 Å².